The van der Waals surface area contributed by atoms with Gasteiger partial charge in [0.2, 0.25) is 0 Å². The first kappa shape index (κ1) is 12.8. The molecule has 2 rings (SSSR count). The van der Waals surface area contributed by atoms with Gasteiger partial charge in [0.25, 0.3) is 0 Å². The molecule has 4 heteroatoms. The second-order valence-electron chi connectivity index (χ2n) is 5.04. The molecule has 0 bridgehead atoms. The molecule has 1 N–H and O–H groups in total. The Morgan fingerprint density at radius 2 is 2.35 bits per heavy atom. The summed E-state index contributed by atoms with van der Waals surface area (Å²) in [6.07, 6.45) is 6.00. The molecule has 96 valence electrons. The van der Waals surface area contributed by atoms with Crippen molar-refractivity contribution in [3.63, 3.8) is 0 Å². The average molecular weight is 253 g/mol. The number of thiazole rings is 1. The SMILES string of the molecule is CCCNC(C)c1cnc(N(C)CC2CC2)s1. The summed E-state index contributed by atoms with van der Waals surface area (Å²) in [6.45, 7) is 6.66. The first-order valence-electron chi connectivity index (χ1n) is 6.61. The third-order valence-electron chi connectivity index (χ3n) is 3.19. The number of anilines is 1. The van der Waals surface area contributed by atoms with Crippen molar-refractivity contribution in [2.24, 2.45) is 5.92 Å². The maximum atomic E-state index is 4.53. The largest absolute Gasteiger partial charge is 0.351 e. The molecule has 3 nitrogen and oxygen atoms in total. The molecule has 1 aliphatic carbocycles. The molecule has 1 heterocycles. The van der Waals surface area contributed by atoms with Crippen molar-refractivity contribution in [1.82, 2.24) is 10.3 Å². The topological polar surface area (TPSA) is 28.2 Å². The van der Waals surface area contributed by atoms with E-state index in [0.717, 1.165) is 17.6 Å². The smallest absolute Gasteiger partial charge is 0.185 e. The zero-order valence-corrected chi connectivity index (χ0v) is 11.9. The molecule has 0 amide bonds. The lowest BCUT2D eigenvalue weighted by Crippen LogP contribution is -2.19. The van der Waals surface area contributed by atoms with Crippen molar-refractivity contribution >= 4 is 16.5 Å². The Labute approximate surface area is 108 Å². The van der Waals surface area contributed by atoms with Crippen LogP contribution in [0.2, 0.25) is 0 Å². The predicted molar refractivity (Wildman–Crippen MR) is 74.8 cm³/mol. The second kappa shape index (κ2) is 5.83. The van der Waals surface area contributed by atoms with E-state index in [1.165, 1.54) is 30.7 Å². The Balaban J connectivity index is 1.89. The minimum atomic E-state index is 0.426. The maximum absolute atomic E-state index is 4.53. The van der Waals surface area contributed by atoms with Gasteiger partial charge in [-0.05, 0) is 38.6 Å². The lowest BCUT2D eigenvalue weighted by molar-refractivity contribution is 0.577. The van der Waals surface area contributed by atoms with Crippen LogP contribution >= 0.6 is 11.3 Å². The molecule has 0 aliphatic heterocycles. The molecule has 1 fully saturated rings. The fourth-order valence-electron chi connectivity index (χ4n) is 1.88. The van der Waals surface area contributed by atoms with Gasteiger partial charge in [-0.3, -0.25) is 0 Å². The van der Waals surface area contributed by atoms with E-state index in [9.17, 15) is 0 Å². The molecule has 0 radical (unpaired) electrons. The molecule has 17 heavy (non-hydrogen) atoms. The summed E-state index contributed by atoms with van der Waals surface area (Å²) in [7, 11) is 2.16. The van der Waals surface area contributed by atoms with Gasteiger partial charge in [-0.25, -0.2) is 4.98 Å². The van der Waals surface area contributed by atoms with Crippen LogP contribution in [0.1, 0.15) is 44.0 Å². The van der Waals surface area contributed by atoms with E-state index in [2.05, 4.69) is 36.1 Å². The van der Waals surface area contributed by atoms with Gasteiger partial charge in [0.15, 0.2) is 5.13 Å². The highest BCUT2D eigenvalue weighted by molar-refractivity contribution is 7.15. The lowest BCUT2D eigenvalue weighted by Gasteiger charge is -2.15. The van der Waals surface area contributed by atoms with Crippen LogP contribution < -0.4 is 10.2 Å². The fourth-order valence-corrected chi connectivity index (χ4v) is 2.79. The summed E-state index contributed by atoms with van der Waals surface area (Å²) in [5.41, 5.74) is 0. The van der Waals surface area contributed by atoms with E-state index in [1.807, 2.05) is 17.5 Å². The Kier molecular flexibility index (Phi) is 4.40. The molecule has 1 unspecified atom stereocenters. The fraction of sp³-hybridized carbons (Fsp3) is 0.769. The minimum Gasteiger partial charge on any atom is -0.351 e. The number of hydrogen-bond donors (Lipinski definition) is 1. The first-order valence-corrected chi connectivity index (χ1v) is 7.42. The van der Waals surface area contributed by atoms with Gasteiger partial charge in [-0.1, -0.05) is 6.92 Å². The molecular weight excluding hydrogens is 230 g/mol. The Morgan fingerprint density at radius 3 is 3.00 bits per heavy atom. The summed E-state index contributed by atoms with van der Waals surface area (Å²) in [5, 5.41) is 4.67. The molecule has 1 atom stereocenters. The van der Waals surface area contributed by atoms with Crippen molar-refractivity contribution < 1.29 is 0 Å². The van der Waals surface area contributed by atoms with Gasteiger partial charge in [0.05, 0.1) is 0 Å². The maximum Gasteiger partial charge on any atom is 0.185 e. The van der Waals surface area contributed by atoms with Crippen LogP contribution in [0.15, 0.2) is 6.20 Å². The number of nitrogens with one attached hydrogen (secondary N) is 1. The lowest BCUT2D eigenvalue weighted by atomic mass is 10.3. The Hall–Kier alpha value is -0.610. The number of hydrogen-bond acceptors (Lipinski definition) is 4. The summed E-state index contributed by atoms with van der Waals surface area (Å²) >= 11 is 1.82. The standard InChI is InChI=1S/C13H23N3S/c1-4-7-14-10(2)12-8-15-13(17-12)16(3)9-11-5-6-11/h8,10-11,14H,4-7,9H2,1-3H3. The quantitative estimate of drug-likeness (QED) is 0.809. The number of aromatic nitrogens is 1. The third kappa shape index (κ3) is 3.68. The zero-order chi connectivity index (χ0) is 12.3. The van der Waals surface area contributed by atoms with Gasteiger partial charge < -0.3 is 10.2 Å². The van der Waals surface area contributed by atoms with Crippen LogP contribution in [0, 0.1) is 5.92 Å². The molecule has 0 aromatic carbocycles. The Morgan fingerprint density at radius 1 is 1.59 bits per heavy atom. The normalized spacial score (nSPS) is 17.1. The minimum absolute atomic E-state index is 0.426. The molecule has 0 spiro atoms. The van der Waals surface area contributed by atoms with Crippen molar-refractivity contribution in [2.45, 2.75) is 39.2 Å². The molecular formula is C13H23N3S. The summed E-state index contributed by atoms with van der Waals surface area (Å²) in [5.74, 6) is 0.919. The zero-order valence-electron chi connectivity index (χ0n) is 11.1. The van der Waals surface area contributed by atoms with Crippen LogP contribution in [0.5, 0.6) is 0 Å². The molecule has 1 aliphatic rings. The van der Waals surface area contributed by atoms with Gasteiger partial charge in [0, 0.05) is 30.7 Å². The summed E-state index contributed by atoms with van der Waals surface area (Å²) in [4.78, 5) is 8.18. The van der Waals surface area contributed by atoms with E-state index >= 15 is 0 Å². The van der Waals surface area contributed by atoms with Crippen LogP contribution in [-0.4, -0.2) is 25.1 Å². The van der Waals surface area contributed by atoms with Crippen LogP contribution in [-0.2, 0) is 0 Å². The van der Waals surface area contributed by atoms with E-state index in [1.54, 1.807) is 0 Å². The predicted octanol–water partition coefficient (Wildman–Crippen LogP) is 3.05. The molecule has 0 saturated heterocycles. The summed E-state index contributed by atoms with van der Waals surface area (Å²) < 4.78 is 0. The molecule has 1 aromatic heterocycles. The van der Waals surface area contributed by atoms with E-state index in [4.69, 9.17) is 0 Å². The van der Waals surface area contributed by atoms with Crippen LogP contribution in [0.3, 0.4) is 0 Å². The first-order chi connectivity index (χ1) is 8.20. The monoisotopic (exact) mass is 253 g/mol. The van der Waals surface area contributed by atoms with Crippen molar-refractivity contribution in [2.75, 3.05) is 25.0 Å². The third-order valence-corrected chi connectivity index (χ3v) is 4.49. The highest BCUT2D eigenvalue weighted by atomic mass is 32.1. The van der Waals surface area contributed by atoms with Crippen molar-refractivity contribution in [1.29, 1.82) is 0 Å². The molecule has 1 aromatic rings. The highest BCUT2D eigenvalue weighted by Crippen LogP contribution is 2.33. The Bertz CT molecular complexity index is 346. The summed E-state index contributed by atoms with van der Waals surface area (Å²) in [6, 6.07) is 0.426. The van der Waals surface area contributed by atoms with E-state index in [0.29, 0.717) is 6.04 Å². The second-order valence-corrected chi connectivity index (χ2v) is 6.09. The number of rotatable bonds is 7. The van der Waals surface area contributed by atoms with Crippen molar-refractivity contribution in [3.8, 4) is 0 Å². The van der Waals surface area contributed by atoms with Gasteiger partial charge in [-0.15, -0.1) is 11.3 Å². The molecule has 1 saturated carbocycles. The van der Waals surface area contributed by atoms with Gasteiger partial charge in [0.1, 0.15) is 0 Å². The highest BCUT2D eigenvalue weighted by Gasteiger charge is 2.24. The van der Waals surface area contributed by atoms with E-state index in [-0.39, 0.29) is 0 Å². The van der Waals surface area contributed by atoms with Crippen LogP contribution in [0.4, 0.5) is 5.13 Å². The number of nitrogens with zero attached hydrogens (tertiary/aromatic N) is 2. The van der Waals surface area contributed by atoms with E-state index < -0.39 is 0 Å². The van der Waals surface area contributed by atoms with Crippen LogP contribution in [0.25, 0.3) is 0 Å². The van der Waals surface area contributed by atoms with Gasteiger partial charge >= 0.3 is 0 Å². The van der Waals surface area contributed by atoms with Gasteiger partial charge in [-0.2, -0.15) is 0 Å². The average Bonchev–Trinajstić information content (AvgIpc) is 2.99. The van der Waals surface area contributed by atoms with Crippen molar-refractivity contribution in [3.05, 3.63) is 11.1 Å².